The highest BCUT2D eigenvalue weighted by Crippen LogP contribution is 2.29. The van der Waals surface area contributed by atoms with Crippen LogP contribution in [-0.2, 0) is 11.5 Å². The van der Waals surface area contributed by atoms with E-state index in [4.69, 9.17) is 20.5 Å². The Morgan fingerprint density at radius 1 is 1.00 bits per heavy atom. The van der Waals surface area contributed by atoms with E-state index in [0.29, 0.717) is 22.5 Å². The number of benzene rings is 2. The molecule has 0 unspecified atom stereocenters. The third-order valence-electron chi connectivity index (χ3n) is 4.01. The molecule has 0 amide bonds. The van der Waals surface area contributed by atoms with Crippen molar-refractivity contribution in [2.45, 2.75) is 18.4 Å². The van der Waals surface area contributed by atoms with E-state index in [9.17, 15) is 0 Å². The van der Waals surface area contributed by atoms with Gasteiger partial charge in [-0.25, -0.2) is 0 Å². The maximum absolute atomic E-state index is 6.19. The van der Waals surface area contributed by atoms with Crippen molar-refractivity contribution in [3.05, 3.63) is 82.6 Å². The Balaban J connectivity index is 1.42. The van der Waals surface area contributed by atoms with Crippen LogP contribution in [0.4, 0.5) is 0 Å². The van der Waals surface area contributed by atoms with Crippen molar-refractivity contribution in [3.8, 4) is 23.0 Å². The van der Waals surface area contributed by atoms with Crippen molar-refractivity contribution >= 4 is 23.4 Å². The molecule has 0 aliphatic rings. The molecule has 2 aromatic carbocycles. The molecule has 27 heavy (non-hydrogen) atoms. The molecule has 4 nitrogen and oxygen atoms in total. The van der Waals surface area contributed by atoms with Crippen molar-refractivity contribution < 1.29 is 8.94 Å². The minimum absolute atomic E-state index is 0.347. The van der Waals surface area contributed by atoms with Crippen LogP contribution in [0.2, 0.25) is 5.02 Å². The first-order valence-electron chi connectivity index (χ1n) is 8.50. The third kappa shape index (κ3) is 4.26. The Kier molecular flexibility index (Phi) is 5.32. The van der Waals surface area contributed by atoms with Crippen LogP contribution in [0, 0.1) is 6.92 Å². The molecule has 2 aromatic heterocycles. The lowest BCUT2D eigenvalue weighted by Crippen LogP contribution is -1.83. The summed E-state index contributed by atoms with van der Waals surface area (Å²) < 4.78 is 11.2. The zero-order valence-corrected chi connectivity index (χ0v) is 16.3. The summed E-state index contributed by atoms with van der Waals surface area (Å²) in [4.78, 5) is 4.40. The number of halogens is 1. The topological polar surface area (TPSA) is 52.1 Å². The van der Waals surface area contributed by atoms with Gasteiger partial charge in [0.1, 0.15) is 5.76 Å². The van der Waals surface area contributed by atoms with Gasteiger partial charge in [0.05, 0.1) is 10.8 Å². The molecule has 0 saturated heterocycles. The Morgan fingerprint density at radius 3 is 2.74 bits per heavy atom. The predicted molar refractivity (Wildman–Crippen MR) is 109 cm³/mol. The number of hydrogen-bond acceptors (Lipinski definition) is 5. The summed E-state index contributed by atoms with van der Waals surface area (Å²) in [6, 6.07) is 19.7. The number of nitrogens with zero attached hydrogens (tertiary/aromatic N) is 2. The van der Waals surface area contributed by atoms with E-state index in [2.05, 4.69) is 41.3 Å². The molecule has 0 atom stereocenters. The number of hydrogen-bond donors (Lipinski definition) is 0. The molecular weight excluding hydrogens is 380 g/mol. The van der Waals surface area contributed by atoms with Crippen LogP contribution in [-0.4, -0.2) is 10.1 Å². The molecule has 0 radical (unpaired) electrons. The highest BCUT2D eigenvalue weighted by molar-refractivity contribution is 7.97. The zero-order valence-electron chi connectivity index (χ0n) is 14.7. The van der Waals surface area contributed by atoms with Crippen molar-refractivity contribution in [3.63, 3.8) is 0 Å². The lowest BCUT2D eigenvalue weighted by Gasteiger charge is -2.01. The Morgan fingerprint density at radius 2 is 1.89 bits per heavy atom. The van der Waals surface area contributed by atoms with Gasteiger partial charge >= 0.3 is 0 Å². The van der Waals surface area contributed by atoms with Gasteiger partial charge in [-0.1, -0.05) is 58.7 Å². The average Bonchev–Trinajstić information content (AvgIpc) is 3.32. The second kappa shape index (κ2) is 8.03. The summed E-state index contributed by atoms with van der Waals surface area (Å²) in [5.74, 6) is 3.95. The van der Waals surface area contributed by atoms with Crippen molar-refractivity contribution in [2.75, 3.05) is 0 Å². The lowest BCUT2D eigenvalue weighted by atomic mass is 10.2. The van der Waals surface area contributed by atoms with Gasteiger partial charge in [-0.3, -0.25) is 0 Å². The van der Waals surface area contributed by atoms with Crippen LogP contribution < -0.4 is 0 Å². The molecule has 4 aromatic rings. The van der Waals surface area contributed by atoms with Crippen LogP contribution in [0.15, 0.2) is 69.6 Å². The molecule has 6 heteroatoms. The van der Waals surface area contributed by atoms with Gasteiger partial charge in [0.2, 0.25) is 5.82 Å². The molecule has 0 saturated carbocycles. The van der Waals surface area contributed by atoms with E-state index in [-0.39, 0.29) is 0 Å². The summed E-state index contributed by atoms with van der Waals surface area (Å²) in [6.45, 7) is 2.11. The van der Waals surface area contributed by atoms with Crippen LogP contribution in [0.3, 0.4) is 0 Å². The molecule has 0 aliphatic carbocycles. The summed E-state index contributed by atoms with van der Waals surface area (Å²) >= 11 is 7.99. The molecule has 0 N–H and O–H groups in total. The first-order chi connectivity index (χ1) is 13.2. The van der Waals surface area contributed by atoms with Gasteiger partial charge in [-0.15, -0.1) is 11.8 Å². The Labute approximate surface area is 166 Å². The first kappa shape index (κ1) is 17.9. The van der Waals surface area contributed by atoms with E-state index in [0.717, 1.165) is 22.8 Å². The van der Waals surface area contributed by atoms with Crippen LogP contribution in [0.5, 0.6) is 0 Å². The van der Waals surface area contributed by atoms with Crippen molar-refractivity contribution in [1.82, 2.24) is 10.1 Å². The number of thioether (sulfide) groups is 1. The van der Waals surface area contributed by atoms with E-state index in [1.165, 1.54) is 11.1 Å². The number of furan rings is 1. The highest BCUT2D eigenvalue weighted by atomic mass is 35.5. The van der Waals surface area contributed by atoms with E-state index in [1.54, 1.807) is 17.8 Å². The molecular formula is C21H17ClN2O2S. The fraction of sp³-hybridized carbons (Fsp3) is 0.143. The minimum Gasteiger partial charge on any atom is -0.455 e. The van der Waals surface area contributed by atoms with Gasteiger partial charge in [-0.2, -0.15) is 4.98 Å². The van der Waals surface area contributed by atoms with E-state index in [1.807, 2.05) is 30.3 Å². The van der Waals surface area contributed by atoms with Gasteiger partial charge in [-0.05, 0) is 36.8 Å². The van der Waals surface area contributed by atoms with E-state index >= 15 is 0 Å². The molecule has 4 rings (SSSR count). The smallest absolute Gasteiger partial charge is 0.293 e. The first-order valence-corrected chi connectivity index (χ1v) is 10.0. The fourth-order valence-electron chi connectivity index (χ4n) is 2.72. The molecule has 0 spiro atoms. The summed E-state index contributed by atoms with van der Waals surface area (Å²) in [6.07, 6.45) is 0. The van der Waals surface area contributed by atoms with Crippen molar-refractivity contribution in [1.29, 1.82) is 0 Å². The SMILES string of the molecule is Cc1cccc(CSCc2ccc(-c3nc(-c4ccccc4Cl)no3)o2)c1. The maximum Gasteiger partial charge on any atom is 0.293 e. The second-order valence-electron chi connectivity index (χ2n) is 6.15. The molecule has 0 fully saturated rings. The predicted octanol–water partition coefficient (Wildman–Crippen LogP) is 6.39. The fourth-order valence-corrected chi connectivity index (χ4v) is 3.81. The average molecular weight is 397 g/mol. The summed E-state index contributed by atoms with van der Waals surface area (Å²) in [5, 5.41) is 4.59. The van der Waals surface area contributed by atoms with Gasteiger partial charge in [0.15, 0.2) is 5.76 Å². The standard InChI is InChI=1S/C21H17ClN2O2S/c1-14-5-4-6-15(11-14)12-27-13-16-9-10-19(25-16)21-23-20(24-26-21)17-7-2-3-8-18(17)22/h2-11H,12-13H2,1H3. The van der Waals surface area contributed by atoms with Crippen LogP contribution in [0.25, 0.3) is 23.0 Å². The summed E-state index contributed by atoms with van der Waals surface area (Å²) in [5.41, 5.74) is 3.32. The van der Waals surface area contributed by atoms with E-state index < -0.39 is 0 Å². The zero-order chi connectivity index (χ0) is 18.6. The summed E-state index contributed by atoms with van der Waals surface area (Å²) in [7, 11) is 0. The lowest BCUT2D eigenvalue weighted by molar-refractivity contribution is 0.413. The maximum atomic E-state index is 6.19. The number of aromatic nitrogens is 2. The Bertz CT molecular complexity index is 1060. The van der Waals surface area contributed by atoms with Crippen LogP contribution >= 0.6 is 23.4 Å². The largest absolute Gasteiger partial charge is 0.455 e. The third-order valence-corrected chi connectivity index (χ3v) is 5.36. The second-order valence-corrected chi connectivity index (χ2v) is 7.54. The monoisotopic (exact) mass is 396 g/mol. The highest BCUT2D eigenvalue weighted by Gasteiger charge is 2.15. The van der Waals surface area contributed by atoms with Gasteiger partial charge in [0.25, 0.3) is 5.89 Å². The Hall–Kier alpha value is -2.50. The van der Waals surface area contributed by atoms with Gasteiger partial charge in [0, 0.05) is 11.3 Å². The molecule has 0 aliphatic heterocycles. The van der Waals surface area contributed by atoms with Crippen LogP contribution in [0.1, 0.15) is 16.9 Å². The number of rotatable bonds is 6. The molecule has 136 valence electrons. The van der Waals surface area contributed by atoms with Gasteiger partial charge < -0.3 is 8.94 Å². The quantitative estimate of drug-likeness (QED) is 0.378. The molecule has 2 heterocycles. The minimum atomic E-state index is 0.347. The normalized spacial score (nSPS) is 11.0. The van der Waals surface area contributed by atoms with Crippen molar-refractivity contribution in [2.24, 2.45) is 0 Å². The molecule has 0 bridgehead atoms. The number of aryl methyl sites for hydroxylation is 1.